The maximum Gasteiger partial charge on any atom is 0.260 e. The molecule has 2 aromatic heterocycles. The highest BCUT2D eigenvalue weighted by atomic mass is 35.5. The Kier molecular flexibility index (Phi) is 4.39. The molecule has 1 N–H and O–H groups in total. The van der Waals surface area contributed by atoms with Crippen molar-refractivity contribution in [1.29, 1.82) is 0 Å². The van der Waals surface area contributed by atoms with Gasteiger partial charge in [-0.2, -0.15) is 0 Å². The first-order valence-corrected chi connectivity index (χ1v) is 9.67. The lowest BCUT2D eigenvalue weighted by atomic mass is 9.99. The fourth-order valence-corrected chi connectivity index (χ4v) is 4.16. The Morgan fingerprint density at radius 2 is 1.77 bits per heavy atom. The molecule has 4 aromatic rings. The molecule has 0 amide bonds. The highest BCUT2D eigenvalue weighted by Gasteiger charge is 2.15. The number of aromatic amines is 1. The van der Waals surface area contributed by atoms with Gasteiger partial charge in [0.25, 0.3) is 5.56 Å². The van der Waals surface area contributed by atoms with Crippen LogP contribution in [-0.4, -0.2) is 9.97 Å². The van der Waals surface area contributed by atoms with E-state index in [9.17, 15) is 4.79 Å². The standard InChI is InChI=1S/C21H17ClN2OS/c1-12(2)13-7-9-14(10-8-13)16-11-26-21-18(16)20(25)23-19(24-21)15-5-3-4-6-17(15)22/h3-12H,1-2H3,(H,23,24,25). The van der Waals surface area contributed by atoms with E-state index in [2.05, 4.69) is 48.1 Å². The number of fused-ring (bicyclic) bond motifs is 1. The molecule has 0 aliphatic carbocycles. The summed E-state index contributed by atoms with van der Waals surface area (Å²) in [6, 6.07) is 15.7. The Labute approximate surface area is 160 Å². The van der Waals surface area contributed by atoms with Crippen molar-refractivity contribution in [3.63, 3.8) is 0 Å². The number of halogens is 1. The van der Waals surface area contributed by atoms with Crippen molar-refractivity contribution >= 4 is 33.2 Å². The number of nitrogens with one attached hydrogen (secondary N) is 1. The van der Waals surface area contributed by atoms with Gasteiger partial charge in [-0.25, -0.2) is 4.98 Å². The van der Waals surface area contributed by atoms with Crippen LogP contribution in [0.4, 0.5) is 0 Å². The van der Waals surface area contributed by atoms with Crippen molar-refractivity contribution in [3.05, 3.63) is 74.9 Å². The molecule has 0 saturated heterocycles. The third-order valence-corrected chi connectivity index (χ3v) is 5.66. The van der Waals surface area contributed by atoms with Crippen LogP contribution in [0.3, 0.4) is 0 Å². The SMILES string of the molecule is CC(C)c1ccc(-c2csc3nc(-c4ccccc4Cl)[nH]c(=O)c23)cc1. The smallest absolute Gasteiger partial charge is 0.260 e. The molecule has 0 bridgehead atoms. The monoisotopic (exact) mass is 380 g/mol. The summed E-state index contributed by atoms with van der Waals surface area (Å²) in [6.45, 7) is 4.33. The Morgan fingerprint density at radius 1 is 1.04 bits per heavy atom. The van der Waals surface area contributed by atoms with Crippen molar-refractivity contribution in [1.82, 2.24) is 9.97 Å². The maximum atomic E-state index is 12.8. The van der Waals surface area contributed by atoms with Crippen LogP contribution in [0.5, 0.6) is 0 Å². The van der Waals surface area contributed by atoms with Crippen molar-refractivity contribution in [2.75, 3.05) is 0 Å². The second-order valence-corrected chi connectivity index (χ2v) is 7.77. The molecule has 4 rings (SSSR count). The van der Waals surface area contributed by atoms with Gasteiger partial charge in [0.1, 0.15) is 10.7 Å². The van der Waals surface area contributed by atoms with Gasteiger partial charge in [-0.15, -0.1) is 11.3 Å². The molecule has 2 heterocycles. The third-order valence-electron chi connectivity index (χ3n) is 4.46. The quantitative estimate of drug-likeness (QED) is 0.467. The molecule has 0 aliphatic heterocycles. The zero-order valence-corrected chi connectivity index (χ0v) is 16.0. The lowest BCUT2D eigenvalue weighted by Crippen LogP contribution is -2.09. The second-order valence-electron chi connectivity index (χ2n) is 6.50. The molecule has 3 nitrogen and oxygen atoms in total. The molecule has 0 saturated carbocycles. The van der Waals surface area contributed by atoms with Crippen LogP contribution in [0.25, 0.3) is 32.7 Å². The number of nitrogens with zero attached hydrogens (tertiary/aromatic N) is 1. The zero-order valence-electron chi connectivity index (χ0n) is 14.4. The van der Waals surface area contributed by atoms with Gasteiger partial charge >= 0.3 is 0 Å². The molecular formula is C21H17ClN2OS. The van der Waals surface area contributed by atoms with Gasteiger partial charge in [-0.3, -0.25) is 4.79 Å². The maximum absolute atomic E-state index is 12.8. The molecule has 0 unspecified atom stereocenters. The first-order valence-electron chi connectivity index (χ1n) is 8.41. The summed E-state index contributed by atoms with van der Waals surface area (Å²) in [5.41, 5.74) is 3.80. The van der Waals surface area contributed by atoms with Gasteiger partial charge in [0.2, 0.25) is 0 Å². The van der Waals surface area contributed by atoms with E-state index in [1.165, 1.54) is 16.9 Å². The van der Waals surface area contributed by atoms with E-state index in [4.69, 9.17) is 11.6 Å². The van der Waals surface area contributed by atoms with Gasteiger partial charge in [0.15, 0.2) is 0 Å². The number of hydrogen-bond acceptors (Lipinski definition) is 3. The summed E-state index contributed by atoms with van der Waals surface area (Å²) in [5, 5.41) is 3.19. The third kappa shape index (κ3) is 2.96. The molecule has 0 aliphatic rings. The lowest BCUT2D eigenvalue weighted by molar-refractivity contribution is 0.867. The predicted molar refractivity (Wildman–Crippen MR) is 110 cm³/mol. The number of rotatable bonds is 3. The summed E-state index contributed by atoms with van der Waals surface area (Å²) >= 11 is 7.72. The summed E-state index contributed by atoms with van der Waals surface area (Å²) in [4.78, 5) is 21.0. The van der Waals surface area contributed by atoms with Crippen LogP contribution in [0, 0.1) is 0 Å². The molecule has 0 radical (unpaired) electrons. The molecule has 130 valence electrons. The van der Waals surface area contributed by atoms with Gasteiger partial charge in [0.05, 0.1) is 10.4 Å². The second kappa shape index (κ2) is 6.71. The number of aromatic nitrogens is 2. The minimum atomic E-state index is -0.144. The Morgan fingerprint density at radius 3 is 2.46 bits per heavy atom. The van der Waals surface area contributed by atoms with E-state index in [1.54, 1.807) is 6.07 Å². The predicted octanol–water partition coefficient (Wildman–Crippen LogP) is 6.10. The molecule has 0 atom stereocenters. The van der Waals surface area contributed by atoms with Gasteiger partial charge in [0, 0.05) is 16.5 Å². The molecule has 26 heavy (non-hydrogen) atoms. The minimum Gasteiger partial charge on any atom is -0.306 e. The topological polar surface area (TPSA) is 45.8 Å². The van der Waals surface area contributed by atoms with Crippen LogP contribution in [0.1, 0.15) is 25.3 Å². The number of thiophene rings is 1. The van der Waals surface area contributed by atoms with E-state index in [0.29, 0.717) is 27.0 Å². The van der Waals surface area contributed by atoms with E-state index in [1.807, 2.05) is 23.6 Å². The van der Waals surface area contributed by atoms with Gasteiger partial charge in [-0.05, 0) is 29.2 Å². The van der Waals surface area contributed by atoms with E-state index < -0.39 is 0 Å². The van der Waals surface area contributed by atoms with Gasteiger partial charge in [-0.1, -0.05) is 61.8 Å². The summed E-state index contributed by atoms with van der Waals surface area (Å²) < 4.78 is 0. The summed E-state index contributed by atoms with van der Waals surface area (Å²) in [5.74, 6) is 0.975. The fourth-order valence-electron chi connectivity index (χ4n) is 2.99. The number of benzene rings is 2. The van der Waals surface area contributed by atoms with E-state index >= 15 is 0 Å². The Balaban J connectivity index is 1.85. The normalized spacial score (nSPS) is 11.4. The average molecular weight is 381 g/mol. The van der Waals surface area contributed by atoms with E-state index in [-0.39, 0.29) is 5.56 Å². The summed E-state index contributed by atoms with van der Waals surface area (Å²) in [6.07, 6.45) is 0. The first-order chi connectivity index (χ1) is 12.5. The average Bonchev–Trinajstić information content (AvgIpc) is 3.07. The highest BCUT2D eigenvalue weighted by molar-refractivity contribution is 7.17. The van der Waals surface area contributed by atoms with Crippen LogP contribution < -0.4 is 5.56 Å². The minimum absolute atomic E-state index is 0.144. The van der Waals surface area contributed by atoms with E-state index in [0.717, 1.165) is 16.7 Å². The Bertz CT molecular complexity index is 1140. The first kappa shape index (κ1) is 17.0. The van der Waals surface area contributed by atoms with Crippen molar-refractivity contribution < 1.29 is 0 Å². The largest absolute Gasteiger partial charge is 0.306 e. The van der Waals surface area contributed by atoms with Crippen LogP contribution in [0.2, 0.25) is 5.02 Å². The molecule has 0 fully saturated rings. The van der Waals surface area contributed by atoms with Gasteiger partial charge < -0.3 is 4.98 Å². The highest BCUT2D eigenvalue weighted by Crippen LogP contribution is 2.33. The van der Waals surface area contributed by atoms with Crippen LogP contribution in [-0.2, 0) is 0 Å². The molecule has 2 aromatic carbocycles. The Hall–Kier alpha value is -2.43. The van der Waals surface area contributed by atoms with Crippen LogP contribution >= 0.6 is 22.9 Å². The number of hydrogen-bond donors (Lipinski definition) is 1. The van der Waals surface area contributed by atoms with Crippen molar-refractivity contribution in [3.8, 4) is 22.5 Å². The van der Waals surface area contributed by atoms with Crippen molar-refractivity contribution in [2.45, 2.75) is 19.8 Å². The zero-order chi connectivity index (χ0) is 18.3. The molecule has 5 heteroatoms. The van der Waals surface area contributed by atoms with Crippen molar-refractivity contribution in [2.24, 2.45) is 0 Å². The summed E-state index contributed by atoms with van der Waals surface area (Å²) in [7, 11) is 0. The molecule has 0 spiro atoms. The van der Waals surface area contributed by atoms with Crippen LogP contribution in [0.15, 0.2) is 58.7 Å². The molecular weight excluding hydrogens is 364 g/mol. The number of H-pyrrole nitrogens is 1. The fraction of sp³-hybridized carbons (Fsp3) is 0.143. The lowest BCUT2D eigenvalue weighted by Gasteiger charge is -2.07.